The van der Waals surface area contributed by atoms with Crippen molar-refractivity contribution in [3.05, 3.63) is 24.5 Å². The number of nitrogens with one attached hydrogen (secondary N) is 1. The van der Waals surface area contributed by atoms with E-state index in [0.717, 1.165) is 5.92 Å². The minimum absolute atomic E-state index is 0.704. The third kappa shape index (κ3) is 3.32. The minimum atomic E-state index is 0.704. The predicted molar refractivity (Wildman–Crippen MR) is 84.0 cm³/mol. The maximum Gasteiger partial charge on any atom is 0.0397 e. The molecule has 0 spiro atoms. The second-order valence-corrected chi connectivity index (χ2v) is 6.47. The van der Waals surface area contributed by atoms with Gasteiger partial charge in [-0.3, -0.25) is 4.98 Å². The van der Waals surface area contributed by atoms with Crippen LogP contribution in [0.3, 0.4) is 0 Å². The molecule has 1 saturated heterocycles. The first-order chi connectivity index (χ1) is 9.83. The molecule has 1 aliphatic heterocycles. The maximum atomic E-state index is 4.10. The average Bonchev–Trinajstić information content (AvgIpc) is 3.03. The lowest BCUT2D eigenvalue weighted by molar-refractivity contribution is 0.310. The van der Waals surface area contributed by atoms with E-state index in [0.29, 0.717) is 12.1 Å². The van der Waals surface area contributed by atoms with Gasteiger partial charge in [-0.25, -0.2) is 0 Å². The number of hydrogen-bond acceptors (Lipinski definition) is 3. The zero-order chi connectivity index (χ0) is 13.8. The monoisotopic (exact) mass is 273 g/mol. The minimum Gasteiger partial charge on any atom is -0.371 e. The Bertz CT molecular complexity index is 392. The third-order valence-corrected chi connectivity index (χ3v) is 5.13. The van der Waals surface area contributed by atoms with Gasteiger partial charge in [-0.2, -0.15) is 0 Å². The topological polar surface area (TPSA) is 28.2 Å². The molecule has 0 aromatic carbocycles. The molecule has 2 heterocycles. The lowest BCUT2D eigenvalue weighted by atomic mass is 9.96. The molecule has 3 heteroatoms. The first kappa shape index (κ1) is 13.9. The molecule has 3 rings (SSSR count). The van der Waals surface area contributed by atoms with Gasteiger partial charge in [-0.15, -0.1) is 0 Å². The second-order valence-electron chi connectivity index (χ2n) is 6.47. The van der Waals surface area contributed by atoms with Crippen LogP contribution >= 0.6 is 0 Å². The van der Waals surface area contributed by atoms with Crippen molar-refractivity contribution in [1.29, 1.82) is 0 Å². The van der Waals surface area contributed by atoms with Gasteiger partial charge in [-0.05, 0) is 50.7 Å². The Balaban J connectivity index is 1.46. The number of piperidine rings is 1. The highest BCUT2D eigenvalue weighted by Gasteiger charge is 2.25. The van der Waals surface area contributed by atoms with Gasteiger partial charge < -0.3 is 10.2 Å². The van der Waals surface area contributed by atoms with Gasteiger partial charge in [-0.1, -0.05) is 12.8 Å². The van der Waals surface area contributed by atoms with Crippen molar-refractivity contribution >= 4 is 5.69 Å². The quantitative estimate of drug-likeness (QED) is 0.913. The summed E-state index contributed by atoms with van der Waals surface area (Å²) in [6.07, 6.45) is 12.1. The fourth-order valence-corrected chi connectivity index (χ4v) is 3.82. The summed E-state index contributed by atoms with van der Waals surface area (Å²) in [7, 11) is 0. The van der Waals surface area contributed by atoms with E-state index in [1.165, 1.54) is 57.3 Å². The van der Waals surface area contributed by atoms with Gasteiger partial charge in [0.2, 0.25) is 0 Å². The van der Waals surface area contributed by atoms with Crippen LogP contribution in [0, 0.1) is 5.92 Å². The Hall–Kier alpha value is -1.09. The van der Waals surface area contributed by atoms with Crippen LogP contribution in [0.4, 0.5) is 5.69 Å². The molecule has 2 fully saturated rings. The molecule has 0 bridgehead atoms. The Kier molecular flexibility index (Phi) is 4.56. The van der Waals surface area contributed by atoms with Gasteiger partial charge in [0.05, 0.1) is 0 Å². The van der Waals surface area contributed by atoms with Gasteiger partial charge in [0.1, 0.15) is 0 Å². The van der Waals surface area contributed by atoms with Crippen molar-refractivity contribution in [2.24, 2.45) is 5.92 Å². The lowest BCUT2D eigenvalue weighted by Gasteiger charge is -2.36. The van der Waals surface area contributed by atoms with Crippen LogP contribution in [0.1, 0.15) is 45.4 Å². The van der Waals surface area contributed by atoms with Crippen LogP contribution in [0.2, 0.25) is 0 Å². The van der Waals surface area contributed by atoms with E-state index < -0.39 is 0 Å². The number of anilines is 1. The van der Waals surface area contributed by atoms with Gasteiger partial charge in [0.25, 0.3) is 0 Å². The highest BCUT2D eigenvalue weighted by Crippen LogP contribution is 2.28. The van der Waals surface area contributed by atoms with Crippen LogP contribution in [-0.2, 0) is 0 Å². The molecular formula is C17H27N3. The van der Waals surface area contributed by atoms with Crippen LogP contribution in [0.5, 0.6) is 0 Å². The highest BCUT2D eigenvalue weighted by atomic mass is 15.1. The molecule has 1 saturated carbocycles. The molecule has 0 amide bonds. The summed E-state index contributed by atoms with van der Waals surface area (Å²) in [5, 5.41) is 3.89. The molecule has 2 aliphatic rings. The SMILES string of the molecule is CC(NC1CCN(c2ccncc2)CC1)C1CCCC1. The van der Waals surface area contributed by atoms with Gasteiger partial charge in [0.15, 0.2) is 0 Å². The summed E-state index contributed by atoms with van der Waals surface area (Å²) in [4.78, 5) is 6.59. The van der Waals surface area contributed by atoms with Crippen molar-refractivity contribution < 1.29 is 0 Å². The van der Waals surface area contributed by atoms with Crippen molar-refractivity contribution in [2.75, 3.05) is 18.0 Å². The Morgan fingerprint density at radius 2 is 1.75 bits per heavy atom. The first-order valence-electron chi connectivity index (χ1n) is 8.24. The van der Waals surface area contributed by atoms with Crippen molar-refractivity contribution in [1.82, 2.24) is 10.3 Å². The van der Waals surface area contributed by atoms with Crippen LogP contribution in [0.25, 0.3) is 0 Å². The number of rotatable bonds is 4. The smallest absolute Gasteiger partial charge is 0.0397 e. The standard InChI is InChI=1S/C17H27N3/c1-14(15-4-2-3-5-15)19-16-8-12-20(13-9-16)17-6-10-18-11-7-17/h6-7,10-11,14-16,19H,2-5,8-9,12-13H2,1H3. The van der Waals surface area contributed by atoms with Crippen LogP contribution in [-0.4, -0.2) is 30.2 Å². The Morgan fingerprint density at radius 1 is 1.10 bits per heavy atom. The van der Waals surface area contributed by atoms with Crippen LogP contribution < -0.4 is 10.2 Å². The second kappa shape index (κ2) is 6.57. The molecule has 20 heavy (non-hydrogen) atoms. The number of nitrogens with zero attached hydrogens (tertiary/aromatic N) is 2. The molecule has 1 unspecified atom stereocenters. The summed E-state index contributed by atoms with van der Waals surface area (Å²) in [5.41, 5.74) is 1.32. The highest BCUT2D eigenvalue weighted by molar-refractivity contribution is 5.44. The van der Waals surface area contributed by atoms with Crippen LogP contribution in [0.15, 0.2) is 24.5 Å². The predicted octanol–water partition coefficient (Wildman–Crippen LogP) is 3.22. The molecule has 1 N–H and O–H groups in total. The molecule has 110 valence electrons. The fourth-order valence-electron chi connectivity index (χ4n) is 3.82. The first-order valence-corrected chi connectivity index (χ1v) is 8.24. The van der Waals surface area contributed by atoms with Gasteiger partial charge in [0, 0.05) is 43.3 Å². The third-order valence-electron chi connectivity index (χ3n) is 5.13. The molecule has 3 nitrogen and oxygen atoms in total. The van der Waals surface area contributed by atoms with E-state index in [1.54, 1.807) is 0 Å². The number of aromatic nitrogens is 1. The van der Waals surface area contributed by atoms with Crippen molar-refractivity contribution in [3.63, 3.8) is 0 Å². The molecule has 1 aromatic heterocycles. The zero-order valence-electron chi connectivity index (χ0n) is 12.6. The summed E-state index contributed by atoms with van der Waals surface area (Å²) < 4.78 is 0. The van der Waals surface area contributed by atoms with E-state index in [-0.39, 0.29) is 0 Å². The average molecular weight is 273 g/mol. The summed E-state index contributed by atoms with van der Waals surface area (Å²) in [6, 6.07) is 5.66. The van der Waals surface area contributed by atoms with Crippen molar-refractivity contribution in [2.45, 2.75) is 57.5 Å². The Morgan fingerprint density at radius 3 is 2.40 bits per heavy atom. The zero-order valence-corrected chi connectivity index (χ0v) is 12.6. The van der Waals surface area contributed by atoms with E-state index in [4.69, 9.17) is 0 Å². The van der Waals surface area contributed by atoms with E-state index in [9.17, 15) is 0 Å². The molecule has 1 atom stereocenters. The van der Waals surface area contributed by atoms with Crippen molar-refractivity contribution in [3.8, 4) is 0 Å². The Labute approximate surface area is 122 Å². The summed E-state index contributed by atoms with van der Waals surface area (Å²) in [6.45, 7) is 4.73. The summed E-state index contributed by atoms with van der Waals surface area (Å²) >= 11 is 0. The van der Waals surface area contributed by atoms with E-state index in [1.807, 2.05) is 12.4 Å². The molecule has 0 radical (unpaired) electrons. The maximum absolute atomic E-state index is 4.10. The normalized spacial score (nSPS) is 23.1. The molecule has 1 aromatic rings. The fraction of sp³-hybridized carbons (Fsp3) is 0.706. The summed E-state index contributed by atoms with van der Waals surface area (Å²) in [5.74, 6) is 0.924. The number of pyridine rings is 1. The molecular weight excluding hydrogens is 246 g/mol. The molecule has 1 aliphatic carbocycles. The largest absolute Gasteiger partial charge is 0.371 e. The van der Waals surface area contributed by atoms with E-state index in [2.05, 4.69) is 34.3 Å². The lowest BCUT2D eigenvalue weighted by Crippen LogP contribution is -2.47. The van der Waals surface area contributed by atoms with Gasteiger partial charge >= 0.3 is 0 Å². The number of hydrogen-bond donors (Lipinski definition) is 1. The van der Waals surface area contributed by atoms with E-state index >= 15 is 0 Å².